The molecule has 1 atom stereocenters. The molecule has 0 unspecified atom stereocenters. The fourth-order valence-electron chi connectivity index (χ4n) is 2.47. The molecule has 0 bridgehead atoms. The lowest BCUT2D eigenvalue weighted by atomic mass is 10.1. The molecule has 0 fully saturated rings. The van der Waals surface area contributed by atoms with Crippen molar-refractivity contribution in [3.8, 4) is 0 Å². The molecule has 0 radical (unpaired) electrons. The highest BCUT2D eigenvalue weighted by atomic mass is 32.1. The molecule has 3 rings (SSSR count). The Balaban J connectivity index is 1.59. The number of pyridine rings is 1. The molecule has 0 aliphatic carbocycles. The number of para-hydroxylation sites is 1. The highest BCUT2D eigenvalue weighted by Gasteiger charge is 2.10. The Morgan fingerprint density at radius 3 is 2.96 bits per heavy atom. The summed E-state index contributed by atoms with van der Waals surface area (Å²) >= 11 is 1.57. The standard InChI is InChI=1S/C17H18N4O2S/c1-11(16-18-6-7-24-16)9-19-17(23)20-10-12-8-15(22)21-14-5-3-2-4-13(12)14/h2-8,11H,9-10H2,1H3,(H,21,22)(H2,19,20,23)/t11-/m0/s1. The van der Waals surface area contributed by atoms with Crippen LogP contribution in [0.1, 0.15) is 23.4 Å². The molecule has 3 N–H and O–H groups in total. The topological polar surface area (TPSA) is 86.9 Å². The highest BCUT2D eigenvalue weighted by molar-refractivity contribution is 7.09. The number of carbonyl (C=O) groups is 1. The average Bonchev–Trinajstić information content (AvgIpc) is 3.12. The largest absolute Gasteiger partial charge is 0.337 e. The van der Waals surface area contributed by atoms with Crippen LogP contribution >= 0.6 is 11.3 Å². The summed E-state index contributed by atoms with van der Waals surface area (Å²) in [5.41, 5.74) is 1.38. The summed E-state index contributed by atoms with van der Waals surface area (Å²) in [5.74, 6) is 0.163. The summed E-state index contributed by atoms with van der Waals surface area (Å²) in [6.45, 7) is 2.82. The number of urea groups is 1. The van der Waals surface area contributed by atoms with Crippen molar-refractivity contribution in [2.24, 2.45) is 0 Å². The normalized spacial score (nSPS) is 12.0. The maximum Gasteiger partial charge on any atom is 0.315 e. The molecule has 1 aromatic carbocycles. The number of thiazole rings is 1. The van der Waals surface area contributed by atoms with E-state index in [1.54, 1.807) is 17.5 Å². The second-order valence-corrected chi connectivity index (χ2v) is 6.47. The van der Waals surface area contributed by atoms with Gasteiger partial charge in [0.1, 0.15) is 0 Å². The molecule has 0 saturated carbocycles. The van der Waals surface area contributed by atoms with Gasteiger partial charge in [0.15, 0.2) is 0 Å². The minimum atomic E-state index is -0.261. The maximum absolute atomic E-state index is 12.0. The van der Waals surface area contributed by atoms with Crippen molar-refractivity contribution >= 4 is 28.3 Å². The van der Waals surface area contributed by atoms with Crippen LogP contribution in [0.25, 0.3) is 10.9 Å². The molecule has 2 amide bonds. The highest BCUT2D eigenvalue weighted by Crippen LogP contribution is 2.16. The van der Waals surface area contributed by atoms with Crippen molar-refractivity contribution in [1.82, 2.24) is 20.6 Å². The van der Waals surface area contributed by atoms with E-state index in [0.717, 1.165) is 21.5 Å². The van der Waals surface area contributed by atoms with Gasteiger partial charge in [0.05, 0.1) is 5.01 Å². The predicted octanol–water partition coefficient (Wildman–Crippen LogP) is 2.59. The molecule has 24 heavy (non-hydrogen) atoms. The lowest BCUT2D eigenvalue weighted by Gasteiger charge is -2.12. The number of hydrogen-bond acceptors (Lipinski definition) is 4. The quantitative estimate of drug-likeness (QED) is 0.666. The SMILES string of the molecule is C[C@@H](CNC(=O)NCc1cc(=O)[nH]c2ccccc12)c1nccs1. The third-order valence-electron chi connectivity index (χ3n) is 3.72. The van der Waals surface area contributed by atoms with E-state index >= 15 is 0 Å². The van der Waals surface area contributed by atoms with Crippen molar-refractivity contribution < 1.29 is 4.79 Å². The van der Waals surface area contributed by atoms with Crippen LogP contribution in [-0.2, 0) is 6.54 Å². The molecule has 0 saturated heterocycles. The zero-order valence-electron chi connectivity index (χ0n) is 13.2. The van der Waals surface area contributed by atoms with Gasteiger partial charge in [-0.25, -0.2) is 9.78 Å². The number of nitrogens with one attached hydrogen (secondary N) is 3. The van der Waals surface area contributed by atoms with Crippen LogP contribution in [0.3, 0.4) is 0 Å². The monoisotopic (exact) mass is 342 g/mol. The number of benzene rings is 1. The molecule has 3 aromatic rings. The van der Waals surface area contributed by atoms with Gasteiger partial charge >= 0.3 is 6.03 Å². The summed E-state index contributed by atoms with van der Waals surface area (Å²) in [7, 11) is 0. The Hall–Kier alpha value is -2.67. The molecule has 0 aliphatic heterocycles. The minimum Gasteiger partial charge on any atom is -0.337 e. The molecule has 0 spiro atoms. The number of rotatable bonds is 5. The Bertz CT molecular complexity index is 889. The first-order chi connectivity index (χ1) is 11.6. The summed E-state index contributed by atoms with van der Waals surface area (Å²) in [5, 5.41) is 9.47. The Morgan fingerprint density at radius 2 is 2.17 bits per heavy atom. The van der Waals surface area contributed by atoms with Gasteiger partial charge < -0.3 is 15.6 Å². The molecule has 7 heteroatoms. The number of hydrogen-bond donors (Lipinski definition) is 3. The number of H-pyrrole nitrogens is 1. The summed E-state index contributed by atoms with van der Waals surface area (Å²) < 4.78 is 0. The van der Waals surface area contributed by atoms with Crippen molar-refractivity contribution in [2.45, 2.75) is 19.4 Å². The third kappa shape index (κ3) is 3.80. The maximum atomic E-state index is 12.0. The number of aromatic amines is 1. The van der Waals surface area contributed by atoms with Crippen molar-refractivity contribution in [3.63, 3.8) is 0 Å². The van der Waals surface area contributed by atoms with Gasteiger partial charge in [-0.2, -0.15) is 0 Å². The third-order valence-corrected chi connectivity index (χ3v) is 4.72. The van der Waals surface area contributed by atoms with E-state index in [1.165, 1.54) is 6.07 Å². The van der Waals surface area contributed by atoms with Gasteiger partial charge in [0.2, 0.25) is 5.56 Å². The molecule has 124 valence electrons. The fourth-order valence-corrected chi connectivity index (χ4v) is 3.17. The zero-order chi connectivity index (χ0) is 16.9. The molecular formula is C17H18N4O2S. The summed E-state index contributed by atoms with van der Waals surface area (Å²) in [6, 6.07) is 8.78. The van der Waals surface area contributed by atoms with Crippen molar-refractivity contribution in [1.29, 1.82) is 0 Å². The van der Waals surface area contributed by atoms with Crippen molar-refractivity contribution in [3.05, 3.63) is 62.8 Å². The summed E-state index contributed by atoms with van der Waals surface area (Å²) in [4.78, 5) is 30.7. The Labute approximate surface area is 142 Å². The van der Waals surface area contributed by atoms with Crippen LogP contribution in [0.2, 0.25) is 0 Å². The van der Waals surface area contributed by atoms with Crippen LogP contribution in [0.15, 0.2) is 46.7 Å². The predicted molar refractivity (Wildman–Crippen MR) is 95.3 cm³/mol. The van der Waals surface area contributed by atoms with E-state index in [1.807, 2.05) is 36.6 Å². The van der Waals surface area contributed by atoms with Crippen LogP contribution in [0.4, 0.5) is 4.79 Å². The Morgan fingerprint density at radius 1 is 1.33 bits per heavy atom. The first kappa shape index (κ1) is 16.2. The van der Waals surface area contributed by atoms with Gasteiger partial charge in [-0.15, -0.1) is 11.3 Å². The number of carbonyl (C=O) groups excluding carboxylic acids is 1. The number of fused-ring (bicyclic) bond motifs is 1. The zero-order valence-corrected chi connectivity index (χ0v) is 14.0. The number of amides is 2. The molecule has 6 nitrogen and oxygen atoms in total. The van der Waals surface area contributed by atoms with Gasteiger partial charge in [-0.1, -0.05) is 25.1 Å². The smallest absolute Gasteiger partial charge is 0.315 e. The molecular weight excluding hydrogens is 324 g/mol. The van der Waals surface area contributed by atoms with Crippen LogP contribution in [-0.4, -0.2) is 22.5 Å². The average molecular weight is 342 g/mol. The first-order valence-electron chi connectivity index (χ1n) is 7.65. The molecule has 2 aromatic heterocycles. The van der Waals surface area contributed by atoms with Crippen LogP contribution in [0.5, 0.6) is 0 Å². The van der Waals surface area contributed by atoms with Crippen LogP contribution in [0, 0.1) is 0 Å². The van der Waals surface area contributed by atoms with Gasteiger partial charge in [0.25, 0.3) is 0 Å². The van der Waals surface area contributed by atoms with Crippen molar-refractivity contribution in [2.75, 3.05) is 6.54 Å². The summed E-state index contributed by atoms with van der Waals surface area (Å²) in [6.07, 6.45) is 1.76. The van der Waals surface area contributed by atoms with E-state index in [2.05, 4.69) is 20.6 Å². The second kappa shape index (κ2) is 7.27. The van der Waals surface area contributed by atoms with E-state index in [0.29, 0.717) is 13.1 Å². The van der Waals surface area contributed by atoms with E-state index in [4.69, 9.17) is 0 Å². The van der Waals surface area contributed by atoms with E-state index in [9.17, 15) is 9.59 Å². The van der Waals surface area contributed by atoms with Gasteiger partial charge in [0, 0.05) is 47.6 Å². The fraction of sp³-hybridized carbons (Fsp3) is 0.235. The van der Waals surface area contributed by atoms with Gasteiger partial charge in [-0.05, 0) is 11.6 Å². The molecule has 0 aliphatic rings. The second-order valence-electron chi connectivity index (χ2n) is 5.54. The minimum absolute atomic E-state index is 0.163. The lowest BCUT2D eigenvalue weighted by Crippen LogP contribution is -2.37. The number of nitrogens with zero attached hydrogens (tertiary/aromatic N) is 1. The number of aromatic nitrogens is 2. The molecule has 2 heterocycles. The van der Waals surface area contributed by atoms with Gasteiger partial charge in [-0.3, -0.25) is 4.79 Å². The van der Waals surface area contributed by atoms with E-state index in [-0.39, 0.29) is 17.5 Å². The van der Waals surface area contributed by atoms with Crippen LogP contribution < -0.4 is 16.2 Å². The van der Waals surface area contributed by atoms with E-state index < -0.39 is 0 Å². The lowest BCUT2D eigenvalue weighted by molar-refractivity contribution is 0.240. The first-order valence-corrected chi connectivity index (χ1v) is 8.53. The Kier molecular flexibility index (Phi) is 4.90.